The first-order chi connectivity index (χ1) is 4.86. The van der Waals surface area contributed by atoms with Crippen LogP contribution in [0, 0.1) is 0 Å². The second-order valence-electron chi connectivity index (χ2n) is 2.59. The molecule has 0 aliphatic heterocycles. The van der Waals surface area contributed by atoms with E-state index in [9.17, 15) is 4.79 Å². The van der Waals surface area contributed by atoms with E-state index in [0.29, 0.717) is 18.6 Å². The smallest absolute Gasteiger partial charge is 0.139 e. The number of halogens is 1. The van der Waals surface area contributed by atoms with E-state index in [4.69, 9.17) is 0 Å². The van der Waals surface area contributed by atoms with E-state index < -0.39 is 0 Å². The minimum absolute atomic E-state index is 0. The summed E-state index contributed by atoms with van der Waals surface area (Å²) in [4.78, 5) is 10.9. The maximum atomic E-state index is 10.9. The average Bonchev–Trinajstić information content (AvgIpc) is 2.33. The lowest BCUT2D eigenvalue weighted by molar-refractivity contribution is -0.118. The lowest BCUT2D eigenvalue weighted by Crippen LogP contribution is -2.11. The van der Waals surface area contributed by atoms with Gasteiger partial charge in [-0.2, -0.15) is 5.10 Å². The zero-order valence-electron chi connectivity index (χ0n) is 5.96. The van der Waals surface area contributed by atoms with Gasteiger partial charge in [0.25, 0.3) is 0 Å². The van der Waals surface area contributed by atoms with E-state index in [2.05, 4.69) is 10.2 Å². The molecule has 1 N–H and O–H groups in total. The number of fused-ring (bicyclic) bond motifs is 1. The number of aromatic nitrogens is 2. The summed E-state index contributed by atoms with van der Waals surface area (Å²) < 4.78 is 0. The quantitative estimate of drug-likeness (QED) is 0.632. The zero-order valence-corrected chi connectivity index (χ0v) is 6.78. The third-order valence-electron chi connectivity index (χ3n) is 1.85. The molecule has 0 atom stereocenters. The molecule has 4 heteroatoms. The van der Waals surface area contributed by atoms with Crippen LogP contribution in [0.4, 0.5) is 0 Å². The Morgan fingerprint density at radius 1 is 1.45 bits per heavy atom. The van der Waals surface area contributed by atoms with Crippen LogP contribution in [0.1, 0.15) is 17.7 Å². The molecule has 0 fully saturated rings. The normalized spacial score (nSPS) is 15.5. The van der Waals surface area contributed by atoms with Crippen LogP contribution in [0.3, 0.4) is 0 Å². The molecule has 0 bridgehead atoms. The van der Waals surface area contributed by atoms with E-state index >= 15 is 0 Å². The highest BCUT2D eigenvalue weighted by molar-refractivity contribution is 5.85. The number of Topliss-reactive ketones (excluding diaryl/α,β-unsaturated/α-hetero) is 1. The Morgan fingerprint density at radius 2 is 2.27 bits per heavy atom. The van der Waals surface area contributed by atoms with Crippen LogP contribution in [0.5, 0.6) is 0 Å². The number of aryl methyl sites for hydroxylation is 1. The first-order valence-corrected chi connectivity index (χ1v) is 3.39. The van der Waals surface area contributed by atoms with Gasteiger partial charge in [-0.1, -0.05) is 0 Å². The Labute approximate surface area is 70.6 Å². The molecule has 0 amide bonds. The molecule has 0 saturated carbocycles. The predicted octanol–water partition coefficient (Wildman–Crippen LogP) is 0.889. The number of nitrogens with zero attached hydrogens (tertiary/aromatic N) is 1. The van der Waals surface area contributed by atoms with Gasteiger partial charge >= 0.3 is 0 Å². The number of hydrogen-bond donors (Lipinski definition) is 1. The topological polar surface area (TPSA) is 45.8 Å². The zero-order chi connectivity index (χ0) is 6.97. The molecule has 2 rings (SSSR count). The molecule has 60 valence electrons. The maximum absolute atomic E-state index is 10.9. The molecule has 1 aliphatic carbocycles. The van der Waals surface area contributed by atoms with Crippen LogP contribution < -0.4 is 0 Å². The first-order valence-electron chi connectivity index (χ1n) is 3.39. The fourth-order valence-electron chi connectivity index (χ4n) is 1.27. The van der Waals surface area contributed by atoms with E-state index in [1.165, 1.54) is 5.56 Å². The van der Waals surface area contributed by atoms with Crippen molar-refractivity contribution in [1.29, 1.82) is 0 Å². The van der Waals surface area contributed by atoms with Crippen molar-refractivity contribution >= 4 is 18.2 Å². The van der Waals surface area contributed by atoms with Crippen molar-refractivity contribution in [1.82, 2.24) is 10.2 Å². The molecule has 0 radical (unpaired) electrons. The van der Waals surface area contributed by atoms with Gasteiger partial charge < -0.3 is 0 Å². The number of rotatable bonds is 0. The van der Waals surface area contributed by atoms with Crippen LogP contribution in [-0.2, 0) is 17.6 Å². The van der Waals surface area contributed by atoms with Crippen molar-refractivity contribution in [2.45, 2.75) is 19.3 Å². The van der Waals surface area contributed by atoms with E-state index in [1.54, 1.807) is 0 Å². The second kappa shape index (κ2) is 3.05. The number of aromatic amines is 1. The van der Waals surface area contributed by atoms with Gasteiger partial charge in [0.1, 0.15) is 5.78 Å². The van der Waals surface area contributed by atoms with Crippen molar-refractivity contribution in [3.8, 4) is 0 Å². The van der Waals surface area contributed by atoms with Gasteiger partial charge in [-0.25, -0.2) is 0 Å². The van der Waals surface area contributed by atoms with E-state index in [-0.39, 0.29) is 12.4 Å². The number of carbonyl (C=O) groups excluding carboxylic acids is 1. The summed E-state index contributed by atoms with van der Waals surface area (Å²) in [6.07, 6.45) is 3.91. The van der Waals surface area contributed by atoms with Crippen LogP contribution in [0.15, 0.2) is 6.20 Å². The van der Waals surface area contributed by atoms with Crippen molar-refractivity contribution < 1.29 is 4.79 Å². The Balaban J connectivity index is 0.000000605. The summed E-state index contributed by atoms with van der Waals surface area (Å²) in [7, 11) is 0. The summed E-state index contributed by atoms with van der Waals surface area (Å²) in [5.41, 5.74) is 2.22. The summed E-state index contributed by atoms with van der Waals surface area (Å²) in [5, 5.41) is 6.68. The van der Waals surface area contributed by atoms with Gasteiger partial charge in [-0.05, 0) is 12.0 Å². The first kappa shape index (κ1) is 8.27. The molecule has 0 spiro atoms. The van der Waals surface area contributed by atoms with E-state index in [1.807, 2.05) is 6.20 Å². The summed E-state index contributed by atoms with van der Waals surface area (Å²) in [6, 6.07) is 0. The van der Waals surface area contributed by atoms with Crippen molar-refractivity contribution in [2.24, 2.45) is 0 Å². The minimum Gasteiger partial charge on any atom is -0.299 e. The third-order valence-corrected chi connectivity index (χ3v) is 1.85. The Kier molecular flexibility index (Phi) is 2.29. The number of hydrogen-bond acceptors (Lipinski definition) is 2. The van der Waals surface area contributed by atoms with Gasteiger partial charge in [-0.3, -0.25) is 9.89 Å². The van der Waals surface area contributed by atoms with Gasteiger partial charge in [0.05, 0.1) is 6.20 Å². The van der Waals surface area contributed by atoms with Gasteiger partial charge in [0.2, 0.25) is 0 Å². The predicted molar refractivity (Wildman–Crippen MR) is 42.9 cm³/mol. The van der Waals surface area contributed by atoms with Crippen LogP contribution in [0.25, 0.3) is 0 Å². The highest BCUT2D eigenvalue weighted by Crippen LogP contribution is 2.15. The average molecular weight is 173 g/mol. The monoisotopic (exact) mass is 172 g/mol. The molecule has 3 nitrogen and oxygen atoms in total. The van der Waals surface area contributed by atoms with Crippen molar-refractivity contribution in [3.05, 3.63) is 17.5 Å². The summed E-state index contributed by atoms with van der Waals surface area (Å²) in [6.45, 7) is 0. The molecule has 1 heterocycles. The van der Waals surface area contributed by atoms with Crippen molar-refractivity contribution in [3.63, 3.8) is 0 Å². The largest absolute Gasteiger partial charge is 0.299 e. The molecular formula is C7H9ClN2O. The second-order valence-corrected chi connectivity index (χ2v) is 2.59. The molecule has 0 saturated heterocycles. The van der Waals surface area contributed by atoms with Crippen LogP contribution in [0.2, 0.25) is 0 Å². The van der Waals surface area contributed by atoms with E-state index in [0.717, 1.165) is 12.1 Å². The van der Waals surface area contributed by atoms with Gasteiger partial charge in [0.15, 0.2) is 0 Å². The summed E-state index contributed by atoms with van der Waals surface area (Å²) in [5.74, 6) is 0.316. The Morgan fingerprint density at radius 3 is 3.09 bits per heavy atom. The number of ketones is 1. The molecular weight excluding hydrogens is 164 g/mol. The molecule has 0 unspecified atom stereocenters. The molecule has 1 aromatic heterocycles. The molecule has 1 aliphatic rings. The number of nitrogens with one attached hydrogen (secondary N) is 1. The van der Waals surface area contributed by atoms with Crippen LogP contribution >= 0.6 is 12.4 Å². The summed E-state index contributed by atoms with van der Waals surface area (Å²) >= 11 is 0. The van der Waals surface area contributed by atoms with Crippen molar-refractivity contribution in [2.75, 3.05) is 0 Å². The fourth-order valence-corrected chi connectivity index (χ4v) is 1.27. The lowest BCUT2D eigenvalue weighted by Gasteiger charge is -2.07. The standard InChI is InChI=1S/C7H8N2O.ClH/c10-6-2-1-5-4-8-9-7(5)3-6;/h4H,1-3H2,(H,8,9);1H. The number of carbonyl (C=O) groups is 1. The minimum atomic E-state index is 0. The van der Waals surface area contributed by atoms with Crippen LogP contribution in [-0.4, -0.2) is 16.0 Å². The number of H-pyrrole nitrogens is 1. The lowest BCUT2D eigenvalue weighted by atomic mass is 9.97. The van der Waals surface area contributed by atoms with Gasteiger partial charge in [0, 0.05) is 18.5 Å². The molecule has 0 aromatic carbocycles. The molecule has 1 aromatic rings. The Bertz CT molecular complexity index is 269. The van der Waals surface area contributed by atoms with Gasteiger partial charge in [-0.15, -0.1) is 12.4 Å². The third kappa shape index (κ3) is 1.43. The fraction of sp³-hybridized carbons (Fsp3) is 0.429. The Hall–Kier alpha value is -0.830. The highest BCUT2D eigenvalue weighted by Gasteiger charge is 2.16. The highest BCUT2D eigenvalue weighted by atomic mass is 35.5. The SMILES string of the molecule is Cl.O=C1CCc2cn[nH]c2C1. The molecule has 11 heavy (non-hydrogen) atoms. The maximum Gasteiger partial charge on any atom is 0.139 e.